The Hall–Kier alpha value is -3.20. The van der Waals surface area contributed by atoms with Gasteiger partial charge in [0, 0.05) is 24.7 Å². The normalized spacial score (nSPS) is 12.7. The minimum Gasteiger partial charge on any atom is -0.447 e. The molecule has 5 nitrogen and oxygen atoms in total. The Morgan fingerprint density at radius 1 is 1.12 bits per heavy atom. The lowest BCUT2D eigenvalue weighted by atomic mass is 10.1. The summed E-state index contributed by atoms with van der Waals surface area (Å²) in [7, 11) is 0. The van der Waals surface area contributed by atoms with Gasteiger partial charge in [0.25, 0.3) is 5.91 Å². The molecule has 0 spiro atoms. The van der Waals surface area contributed by atoms with Gasteiger partial charge in [0.1, 0.15) is 12.1 Å². The number of hydrogen-bond acceptors (Lipinski definition) is 4. The van der Waals surface area contributed by atoms with Crippen LogP contribution >= 0.6 is 0 Å². The second-order valence-electron chi connectivity index (χ2n) is 7.84. The number of hydrogen-bond donors (Lipinski definition) is 1. The molecular formula is C24H25F4N3O2. The van der Waals surface area contributed by atoms with Crippen LogP contribution in [-0.2, 0) is 25.8 Å². The van der Waals surface area contributed by atoms with Crippen molar-refractivity contribution in [3.8, 4) is 0 Å². The van der Waals surface area contributed by atoms with Crippen LogP contribution in [0.3, 0.4) is 0 Å². The molecule has 9 heteroatoms. The van der Waals surface area contributed by atoms with Crippen molar-refractivity contribution in [1.29, 1.82) is 0 Å². The number of carbonyl (C=O) groups is 1. The summed E-state index contributed by atoms with van der Waals surface area (Å²) in [5, 5.41) is 2.79. The lowest BCUT2D eigenvalue weighted by Gasteiger charge is -2.22. The number of oxazole rings is 1. The fourth-order valence-corrected chi connectivity index (χ4v) is 3.22. The second-order valence-corrected chi connectivity index (χ2v) is 7.84. The van der Waals surface area contributed by atoms with Gasteiger partial charge in [-0.15, -0.1) is 0 Å². The van der Waals surface area contributed by atoms with Crippen molar-refractivity contribution >= 4 is 5.91 Å². The van der Waals surface area contributed by atoms with Crippen LogP contribution in [0, 0.1) is 5.82 Å². The number of alkyl halides is 3. The van der Waals surface area contributed by atoms with Crippen molar-refractivity contribution in [1.82, 2.24) is 15.2 Å². The first-order chi connectivity index (χ1) is 15.7. The molecule has 0 saturated heterocycles. The van der Waals surface area contributed by atoms with Gasteiger partial charge in [-0.3, -0.25) is 9.69 Å². The topological polar surface area (TPSA) is 58.4 Å². The van der Waals surface area contributed by atoms with E-state index in [0.29, 0.717) is 11.1 Å². The molecule has 1 amide bonds. The predicted octanol–water partition coefficient (Wildman–Crippen LogP) is 5.56. The minimum absolute atomic E-state index is 0.0314. The molecule has 3 aromatic rings. The Morgan fingerprint density at radius 3 is 2.58 bits per heavy atom. The highest BCUT2D eigenvalue weighted by Gasteiger charge is 2.30. The van der Waals surface area contributed by atoms with Crippen LogP contribution in [0.1, 0.15) is 53.3 Å². The molecule has 1 atom stereocenters. The summed E-state index contributed by atoms with van der Waals surface area (Å²) in [5.41, 5.74) is 0.134. The molecule has 176 valence electrons. The van der Waals surface area contributed by atoms with Crippen molar-refractivity contribution in [3.05, 3.63) is 88.9 Å². The smallest absolute Gasteiger partial charge is 0.416 e. The number of benzene rings is 2. The molecule has 1 aromatic heterocycles. The minimum atomic E-state index is -4.47. The molecule has 0 radical (unpaired) electrons. The summed E-state index contributed by atoms with van der Waals surface area (Å²) in [4.78, 5) is 18.2. The molecule has 0 saturated carbocycles. The van der Waals surface area contributed by atoms with E-state index in [9.17, 15) is 22.4 Å². The van der Waals surface area contributed by atoms with Gasteiger partial charge in [0.15, 0.2) is 5.69 Å². The van der Waals surface area contributed by atoms with Crippen LogP contribution in [0.4, 0.5) is 17.6 Å². The molecule has 1 unspecified atom stereocenters. The van der Waals surface area contributed by atoms with Crippen LogP contribution in [0.2, 0.25) is 0 Å². The average Bonchev–Trinajstić information content (AvgIpc) is 3.23. The highest BCUT2D eigenvalue weighted by atomic mass is 19.4. The molecule has 2 aromatic carbocycles. The lowest BCUT2D eigenvalue weighted by Crippen LogP contribution is -2.32. The molecule has 0 aliphatic carbocycles. The van der Waals surface area contributed by atoms with Crippen LogP contribution in [0.15, 0.2) is 59.2 Å². The maximum Gasteiger partial charge on any atom is 0.416 e. The third-order valence-corrected chi connectivity index (χ3v) is 5.15. The first-order valence-electron chi connectivity index (χ1n) is 10.5. The van der Waals surface area contributed by atoms with E-state index < -0.39 is 17.6 Å². The van der Waals surface area contributed by atoms with Crippen molar-refractivity contribution in [2.24, 2.45) is 0 Å². The molecule has 0 aliphatic heterocycles. The SMILES string of the molecule is CCC(C)NC(=O)c1coc(CN(Cc2cccc(C(F)(F)F)c2)Cc2ccccc2F)n1. The zero-order chi connectivity index (χ0) is 24.0. The summed E-state index contributed by atoms with van der Waals surface area (Å²) >= 11 is 0. The van der Waals surface area contributed by atoms with E-state index in [-0.39, 0.29) is 43.2 Å². The van der Waals surface area contributed by atoms with Gasteiger partial charge in [-0.25, -0.2) is 9.37 Å². The van der Waals surface area contributed by atoms with E-state index >= 15 is 0 Å². The predicted molar refractivity (Wildman–Crippen MR) is 115 cm³/mol. The maximum atomic E-state index is 14.2. The van der Waals surface area contributed by atoms with Crippen molar-refractivity contribution in [3.63, 3.8) is 0 Å². The van der Waals surface area contributed by atoms with E-state index in [1.165, 1.54) is 18.4 Å². The fraction of sp³-hybridized carbons (Fsp3) is 0.333. The van der Waals surface area contributed by atoms with Gasteiger partial charge in [0.2, 0.25) is 5.89 Å². The Labute approximate surface area is 189 Å². The third kappa shape index (κ3) is 6.89. The van der Waals surface area contributed by atoms with Gasteiger partial charge in [-0.2, -0.15) is 13.2 Å². The number of amides is 1. The van der Waals surface area contributed by atoms with E-state index in [2.05, 4.69) is 10.3 Å². The molecule has 1 N–H and O–H groups in total. The first kappa shape index (κ1) is 24.4. The number of nitrogens with one attached hydrogen (secondary N) is 1. The fourth-order valence-electron chi connectivity index (χ4n) is 3.22. The number of nitrogens with zero attached hydrogens (tertiary/aromatic N) is 2. The van der Waals surface area contributed by atoms with Gasteiger partial charge in [-0.05, 0) is 31.0 Å². The monoisotopic (exact) mass is 463 g/mol. The van der Waals surface area contributed by atoms with Gasteiger partial charge >= 0.3 is 6.18 Å². The molecule has 0 aliphatic rings. The standard InChI is InChI=1S/C24H25F4N3O2/c1-3-16(2)29-23(32)21-15-33-22(30-21)14-31(13-18-8-4-5-10-20(18)25)12-17-7-6-9-19(11-17)24(26,27)28/h4-11,15-16H,3,12-14H2,1-2H3,(H,29,32). The Bertz CT molecular complexity index is 1080. The van der Waals surface area contributed by atoms with Crippen molar-refractivity contribution < 1.29 is 26.8 Å². The second kappa shape index (κ2) is 10.6. The Kier molecular flexibility index (Phi) is 7.86. The molecule has 1 heterocycles. The largest absolute Gasteiger partial charge is 0.447 e. The van der Waals surface area contributed by atoms with E-state index in [0.717, 1.165) is 18.6 Å². The van der Waals surface area contributed by atoms with Crippen molar-refractivity contribution in [2.45, 2.75) is 52.1 Å². The summed E-state index contributed by atoms with van der Waals surface area (Å²) in [5.74, 6) is -0.599. The van der Waals surface area contributed by atoms with Gasteiger partial charge < -0.3 is 9.73 Å². The summed E-state index contributed by atoms with van der Waals surface area (Å²) in [6.07, 6.45) is -2.48. The first-order valence-corrected chi connectivity index (χ1v) is 10.5. The highest BCUT2D eigenvalue weighted by molar-refractivity contribution is 5.92. The molecule has 0 fully saturated rings. The average molecular weight is 463 g/mol. The maximum absolute atomic E-state index is 14.2. The van der Waals surface area contributed by atoms with Crippen molar-refractivity contribution in [2.75, 3.05) is 0 Å². The zero-order valence-corrected chi connectivity index (χ0v) is 18.3. The lowest BCUT2D eigenvalue weighted by molar-refractivity contribution is -0.137. The van der Waals surface area contributed by atoms with Crippen LogP contribution < -0.4 is 5.32 Å². The van der Waals surface area contributed by atoms with Crippen LogP contribution in [0.5, 0.6) is 0 Å². The molecular weight excluding hydrogens is 438 g/mol. The van der Waals surface area contributed by atoms with Gasteiger partial charge in [0.05, 0.1) is 12.1 Å². The number of carbonyl (C=O) groups excluding carboxylic acids is 1. The van der Waals surface area contributed by atoms with Crippen LogP contribution in [-0.4, -0.2) is 21.8 Å². The summed E-state index contributed by atoms with van der Waals surface area (Å²) in [6.45, 7) is 4.08. The van der Waals surface area contributed by atoms with E-state index in [4.69, 9.17) is 4.42 Å². The van der Waals surface area contributed by atoms with Crippen LogP contribution in [0.25, 0.3) is 0 Å². The summed E-state index contributed by atoms with van der Waals surface area (Å²) in [6, 6.07) is 11.1. The third-order valence-electron chi connectivity index (χ3n) is 5.15. The number of halogens is 4. The Morgan fingerprint density at radius 2 is 1.88 bits per heavy atom. The summed E-state index contributed by atoms with van der Waals surface area (Å²) < 4.78 is 59.0. The number of rotatable bonds is 9. The molecule has 0 bridgehead atoms. The number of aromatic nitrogens is 1. The zero-order valence-electron chi connectivity index (χ0n) is 18.3. The highest BCUT2D eigenvalue weighted by Crippen LogP contribution is 2.30. The van der Waals surface area contributed by atoms with Gasteiger partial charge in [-0.1, -0.05) is 43.3 Å². The quantitative estimate of drug-likeness (QED) is 0.422. The molecule has 33 heavy (non-hydrogen) atoms. The Balaban J connectivity index is 1.81. The van der Waals surface area contributed by atoms with E-state index in [1.54, 1.807) is 29.2 Å². The van der Waals surface area contributed by atoms with E-state index in [1.807, 2.05) is 13.8 Å². The molecule has 3 rings (SSSR count).